The number of sulfonamides is 1. The van der Waals surface area contributed by atoms with Gasteiger partial charge in [0.15, 0.2) is 0 Å². The number of hydrogen-bond acceptors (Lipinski definition) is 6. The van der Waals surface area contributed by atoms with E-state index >= 15 is 0 Å². The number of anilines is 1. The van der Waals surface area contributed by atoms with Crippen LogP contribution in [-0.4, -0.2) is 44.3 Å². The van der Waals surface area contributed by atoms with E-state index in [9.17, 15) is 23.3 Å². The molecule has 2 aromatic carbocycles. The van der Waals surface area contributed by atoms with E-state index in [1.54, 1.807) is 11.8 Å². The first-order valence-corrected chi connectivity index (χ1v) is 12.4. The average molecular weight is 472 g/mol. The van der Waals surface area contributed by atoms with E-state index in [1.165, 1.54) is 18.2 Å². The van der Waals surface area contributed by atoms with Gasteiger partial charge in [-0.3, -0.25) is 19.2 Å². The summed E-state index contributed by atoms with van der Waals surface area (Å²) in [7, 11) is -3.79. The highest BCUT2D eigenvalue weighted by Crippen LogP contribution is 2.23. The molecule has 0 unspecified atom stereocenters. The first-order chi connectivity index (χ1) is 14.2. The summed E-state index contributed by atoms with van der Waals surface area (Å²) in [6, 6.07) is 12.8. The molecule has 0 fully saturated rings. The van der Waals surface area contributed by atoms with Crippen molar-refractivity contribution in [2.24, 2.45) is 0 Å². The second kappa shape index (κ2) is 11.2. The largest absolute Gasteiger partial charge is 0.354 e. The van der Waals surface area contributed by atoms with Gasteiger partial charge < -0.3 is 5.32 Å². The van der Waals surface area contributed by atoms with Crippen LogP contribution in [0.15, 0.2) is 48.5 Å². The maximum absolute atomic E-state index is 12.2. The van der Waals surface area contributed by atoms with Crippen molar-refractivity contribution >= 4 is 50.7 Å². The van der Waals surface area contributed by atoms with E-state index in [-0.39, 0.29) is 11.4 Å². The lowest BCUT2D eigenvalue weighted by Crippen LogP contribution is -2.40. The van der Waals surface area contributed by atoms with Crippen molar-refractivity contribution in [3.63, 3.8) is 0 Å². The third-order valence-electron chi connectivity index (χ3n) is 3.99. The van der Waals surface area contributed by atoms with Crippen molar-refractivity contribution in [1.82, 2.24) is 5.32 Å². The van der Waals surface area contributed by atoms with Crippen LogP contribution in [0.25, 0.3) is 0 Å². The van der Waals surface area contributed by atoms with Crippen molar-refractivity contribution < 1.29 is 18.1 Å². The Morgan fingerprint density at radius 3 is 2.57 bits per heavy atom. The smallest absolute Gasteiger partial charge is 0.271 e. The highest BCUT2D eigenvalue weighted by molar-refractivity contribution is 7.98. The third kappa shape index (κ3) is 7.85. The van der Waals surface area contributed by atoms with E-state index in [0.29, 0.717) is 11.6 Å². The number of halogens is 1. The average Bonchev–Trinajstić information content (AvgIpc) is 2.69. The number of nitrogens with one attached hydrogen (secondary N) is 1. The van der Waals surface area contributed by atoms with E-state index in [4.69, 9.17) is 11.6 Å². The molecular formula is C19H22ClN3O5S2. The number of carbonyl (C=O) groups excluding carboxylic acids is 1. The van der Waals surface area contributed by atoms with Crippen molar-refractivity contribution in [1.29, 1.82) is 0 Å². The van der Waals surface area contributed by atoms with Crippen molar-refractivity contribution in [3.05, 3.63) is 69.2 Å². The molecule has 1 amide bonds. The molecule has 11 heteroatoms. The standard InChI is InChI=1S/C19H22ClN3O5S2/c1-30(27,28)22(17-4-2-5-18(12-17)23(25)26)13-19(24)21-10-3-11-29-14-15-6-8-16(20)9-7-15/h2,4-9,12H,3,10-11,13-14H2,1H3,(H,21,24). The van der Waals surface area contributed by atoms with E-state index in [0.717, 1.165) is 40.1 Å². The Kier molecular flexibility index (Phi) is 8.94. The van der Waals surface area contributed by atoms with Gasteiger partial charge in [0.05, 0.1) is 16.9 Å². The summed E-state index contributed by atoms with van der Waals surface area (Å²) in [5.41, 5.74) is 0.980. The van der Waals surface area contributed by atoms with Gasteiger partial charge in [-0.25, -0.2) is 8.42 Å². The first kappa shape index (κ1) is 24.0. The van der Waals surface area contributed by atoms with Gasteiger partial charge in [-0.05, 0) is 35.9 Å². The maximum atomic E-state index is 12.2. The molecule has 0 aliphatic heterocycles. The molecule has 0 aliphatic rings. The number of thioether (sulfide) groups is 1. The lowest BCUT2D eigenvalue weighted by Gasteiger charge is -2.21. The molecule has 0 radical (unpaired) electrons. The number of nitrogens with zero attached hydrogens (tertiary/aromatic N) is 2. The van der Waals surface area contributed by atoms with Gasteiger partial charge in [0.25, 0.3) is 5.69 Å². The zero-order valence-corrected chi connectivity index (χ0v) is 18.7. The lowest BCUT2D eigenvalue weighted by molar-refractivity contribution is -0.384. The normalized spacial score (nSPS) is 11.1. The Bertz CT molecular complexity index is 984. The summed E-state index contributed by atoms with van der Waals surface area (Å²) in [4.78, 5) is 22.5. The van der Waals surface area contributed by atoms with Crippen LogP contribution in [0.3, 0.4) is 0 Å². The second-order valence-electron chi connectivity index (χ2n) is 6.43. The summed E-state index contributed by atoms with van der Waals surface area (Å²) in [6.07, 6.45) is 1.67. The molecule has 0 saturated carbocycles. The van der Waals surface area contributed by atoms with E-state index in [2.05, 4.69) is 5.32 Å². The van der Waals surface area contributed by atoms with Gasteiger partial charge in [0.2, 0.25) is 15.9 Å². The van der Waals surface area contributed by atoms with Gasteiger partial charge in [-0.2, -0.15) is 11.8 Å². The fourth-order valence-corrected chi connectivity index (χ4v) is 4.42. The van der Waals surface area contributed by atoms with Crippen LogP contribution < -0.4 is 9.62 Å². The third-order valence-corrected chi connectivity index (χ3v) is 6.49. The summed E-state index contributed by atoms with van der Waals surface area (Å²) in [6.45, 7) is -0.0447. The molecule has 0 bridgehead atoms. The number of nitro groups is 1. The van der Waals surface area contributed by atoms with Crippen molar-refractivity contribution in [2.75, 3.05) is 29.4 Å². The number of hydrogen-bond donors (Lipinski definition) is 1. The van der Waals surface area contributed by atoms with Crippen LogP contribution in [0.5, 0.6) is 0 Å². The molecule has 1 N–H and O–H groups in total. The van der Waals surface area contributed by atoms with Crippen LogP contribution >= 0.6 is 23.4 Å². The number of carbonyl (C=O) groups is 1. The van der Waals surface area contributed by atoms with Gasteiger partial charge in [0.1, 0.15) is 6.54 Å². The molecule has 162 valence electrons. The van der Waals surface area contributed by atoms with Crippen LogP contribution in [0.1, 0.15) is 12.0 Å². The molecule has 8 nitrogen and oxygen atoms in total. The van der Waals surface area contributed by atoms with E-state index in [1.807, 2.05) is 24.3 Å². The fraction of sp³-hybridized carbons (Fsp3) is 0.316. The number of non-ortho nitro benzene ring substituents is 1. The van der Waals surface area contributed by atoms with Crippen LogP contribution in [0.2, 0.25) is 5.02 Å². The van der Waals surface area contributed by atoms with Crippen LogP contribution in [0.4, 0.5) is 11.4 Å². The molecular weight excluding hydrogens is 450 g/mol. The Morgan fingerprint density at radius 1 is 1.23 bits per heavy atom. The summed E-state index contributed by atoms with van der Waals surface area (Å²) < 4.78 is 25.0. The summed E-state index contributed by atoms with van der Waals surface area (Å²) in [5.74, 6) is 1.18. The maximum Gasteiger partial charge on any atom is 0.271 e. The zero-order chi connectivity index (χ0) is 22.1. The Hall–Kier alpha value is -2.30. The number of amides is 1. The first-order valence-electron chi connectivity index (χ1n) is 8.98. The van der Waals surface area contributed by atoms with E-state index < -0.39 is 27.4 Å². The zero-order valence-electron chi connectivity index (χ0n) is 16.3. The minimum absolute atomic E-state index is 0.0698. The van der Waals surface area contributed by atoms with Crippen molar-refractivity contribution in [2.45, 2.75) is 12.2 Å². The monoisotopic (exact) mass is 471 g/mol. The Labute approximate surface area is 184 Å². The van der Waals surface area contributed by atoms with Crippen LogP contribution in [-0.2, 0) is 20.6 Å². The molecule has 0 spiro atoms. The summed E-state index contributed by atoms with van der Waals surface area (Å²) in [5, 5.41) is 14.3. The van der Waals surface area contributed by atoms with Gasteiger partial charge in [-0.1, -0.05) is 29.8 Å². The molecule has 0 aliphatic carbocycles. The molecule has 2 aromatic rings. The molecule has 2 rings (SSSR count). The SMILES string of the molecule is CS(=O)(=O)N(CC(=O)NCCCSCc1ccc(Cl)cc1)c1cccc([N+](=O)[O-])c1. The van der Waals surface area contributed by atoms with Crippen LogP contribution in [0, 0.1) is 10.1 Å². The quantitative estimate of drug-likeness (QED) is 0.305. The topological polar surface area (TPSA) is 110 Å². The molecule has 0 aromatic heterocycles. The number of benzene rings is 2. The second-order valence-corrected chi connectivity index (χ2v) is 9.88. The van der Waals surface area contributed by atoms with Gasteiger partial charge in [0, 0.05) is 29.5 Å². The Morgan fingerprint density at radius 2 is 1.93 bits per heavy atom. The van der Waals surface area contributed by atoms with Crippen molar-refractivity contribution in [3.8, 4) is 0 Å². The molecule has 0 heterocycles. The highest BCUT2D eigenvalue weighted by atomic mass is 35.5. The predicted octanol–water partition coefficient (Wildman–Crippen LogP) is 3.45. The van der Waals surface area contributed by atoms with Gasteiger partial charge >= 0.3 is 0 Å². The minimum Gasteiger partial charge on any atom is -0.354 e. The number of rotatable bonds is 11. The lowest BCUT2D eigenvalue weighted by atomic mass is 10.2. The molecule has 0 atom stereocenters. The minimum atomic E-state index is -3.79. The van der Waals surface area contributed by atoms with Gasteiger partial charge in [-0.15, -0.1) is 0 Å². The number of nitro benzene ring substituents is 1. The Balaban J connectivity index is 1.81. The molecule has 30 heavy (non-hydrogen) atoms. The molecule has 0 saturated heterocycles. The summed E-state index contributed by atoms with van der Waals surface area (Å²) >= 11 is 7.57. The fourth-order valence-electron chi connectivity index (χ4n) is 2.52. The highest BCUT2D eigenvalue weighted by Gasteiger charge is 2.22. The predicted molar refractivity (Wildman–Crippen MR) is 121 cm³/mol.